The molecule has 2 aromatic heterocycles. The van der Waals surface area contributed by atoms with Crippen molar-refractivity contribution in [3.8, 4) is 0 Å². The number of anilines is 2. The largest absolute Gasteiger partial charge is 0.370 e. The van der Waals surface area contributed by atoms with Gasteiger partial charge in [0.1, 0.15) is 17.5 Å². The first-order chi connectivity index (χ1) is 10.1. The minimum absolute atomic E-state index is 0.852. The summed E-state index contributed by atoms with van der Waals surface area (Å²) in [4.78, 5) is 12.7. The normalized spacial score (nSPS) is 10.7. The zero-order chi connectivity index (χ0) is 15.2. The first-order valence-corrected chi connectivity index (χ1v) is 8.85. The molecule has 114 valence electrons. The maximum Gasteiger partial charge on any atom is 0.134 e. The van der Waals surface area contributed by atoms with Crippen LogP contribution in [0, 0.1) is 0 Å². The van der Waals surface area contributed by atoms with Crippen molar-refractivity contribution in [1.29, 1.82) is 0 Å². The van der Waals surface area contributed by atoms with Crippen molar-refractivity contribution in [3.05, 3.63) is 32.7 Å². The van der Waals surface area contributed by atoms with Crippen LogP contribution in [0.5, 0.6) is 0 Å². The van der Waals surface area contributed by atoms with Gasteiger partial charge in [-0.2, -0.15) is 0 Å². The summed E-state index contributed by atoms with van der Waals surface area (Å²) in [7, 11) is 2.07. The maximum atomic E-state index is 4.68. The van der Waals surface area contributed by atoms with E-state index in [2.05, 4.69) is 68.5 Å². The van der Waals surface area contributed by atoms with Crippen LogP contribution in [-0.2, 0) is 13.0 Å². The Bertz CT molecular complexity index is 561. The first kappa shape index (κ1) is 16.2. The third kappa shape index (κ3) is 4.68. The van der Waals surface area contributed by atoms with E-state index in [-0.39, 0.29) is 0 Å². The van der Waals surface area contributed by atoms with Crippen molar-refractivity contribution < 1.29 is 0 Å². The minimum Gasteiger partial charge on any atom is -0.370 e. The van der Waals surface area contributed by atoms with Crippen LogP contribution in [0.2, 0.25) is 0 Å². The summed E-state index contributed by atoms with van der Waals surface area (Å²) in [6, 6.07) is 4.17. The SMILES string of the molecule is CCCc1nc(NCC)cc(N(C)Cc2cc(Br)cs2)n1. The number of nitrogens with zero attached hydrogens (tertiary/aromatic N) is 3. The van der Waals surface area contributed by atoms with E-state index in [1.165, 1.54) is 4.88 Å². The molecule has 0 saturated carbocycles. The lowest BCUT2D eigenvalue weighted by molar-refractivity contribution is 0.814. The average molecular weight is 369 g/mol. The lowest BCUT2D eigenvalue weighted by atomic mass is 10.3. The zero-order valence-corrected chi connectivity index (χ0v) is 15.1. The Morgan fingerprint density at radius 2 is 2.10 bits per heavy atom. The van der Waals surface area contributed by atoms with E-state index < -0.39 is 0 Å². The molecule has 0 spiro atoms. The van der Waals surface area contributed by atoms with E-state index in [4.69, 9.17) is 0 Å². The van der Waals surface area contributed by atoms with Gasteiger partial charge in [-0.25, -0.2) is 9.97 Å². The van der Waals surface area contributed by atoms with Gasteiger partial charge in [0.15, 0.2) is 0 Å². The van der Waals surface area contributed by atoms with Gasteiger partial charge in [-0.1, -0.05) is 6.92 Å². The quantitative estimate of drug-likeness (QED) is 0.789. The first-order valence-electron chi connectivity index (χ1n) is 7.18. The second-order valence-corrected chi connectivity index (χ2v) is 6.81. The molecule has 0 saturated heterocycles. The number of halogens is 1. The molecule has 2 heterocycles. The van der Waals surface area contributed by atoms with Crippen LogP contribution in [0.15, 0.2) is 22.0 Å². The Kier molecular flexibility index (Phi) is 5.99. The Balaban J connectivity index is 2.19. The highest BCUT2D eigenvalue weighted by atomic mass is 79.9. The summed E-state index contributed by atoms with van der Waals surface area (Å²) in [5.41, 5.74) is 0. The van der Waals surface area contributed by atoms with E-state index in [0.29, 0.717) is 0 Å². The number of hydrogen-bond acceptors (Lipinski definition) is 5. The van der Waals surface area contributed by atoms with Gasteiger partial charge in [0.25, 0.3) is 0 Å². The molecule has 0 aliphatic rings. The smallest absolute Gasteiger partial charge is 0.134 e. The predicted octanol–water partition coefficient (Wildman–Crippen LogP) is 4.32. The number of aromatic nitrogens is 2. The number of nitrogens with one attached hydrogen (secondary N) is 1. The Morgan fingerprint density at radius 1 is 1.29 bits per heavy atom. The summed E-state index contributed by atoms with van der Waals surface area (Å²) in [6.07, 6.45) is 1.96. The number of hydrogen-bond donors (Lipinski definition) is 1. The van der Waals surface area contributed by atoms with E-state index in [1.807, 2.05) is 6.07 Å². The maximum absolute atomic E-state index is 4.68. The van der Waals surface area contributed by atoms with Gasteiger partial charge in [-0.15, -0.1) is 11.3 Å². The third-order valence-corrected chi connectivity index (χ3v) is 4.68. The van der Waals surface area contributed by atoms with E-state index in [9.17, 15) is 0 Å². The van der Waals surface area contributed by atoms with Crippen LogP contribution in [-0.4, -0.2) is 23.6 Å². The van der Waals surface area contributed by atoms with Crippen molar-refractivity contribution in [2.24, 2.45) is 0 Å². The molecule has 0 aliphatic heterocycles. The summed E-state index contributed by atoms with van der Waals surface area (Å²) in [5.74, 6) is 2.78. The molecular weight excluding hydrogens is 348 g/mol. The van der Waals surface area contributed by atoms with Crippen molar-refractivity contribution in [2.75, 3.05) is 23.8 Å². The van der Waals surface area contributed by atoms with Crippen LogP contribution in [0.1, 0.15) is 31.0 Å². The average Bonchev–Trinajstić information content (AvgIpc) is 2.84. The third-order valence-electron chi connectivity index (χ3n) is 3.00. The highest BCUT2D eigenvalue weighted by Crippen LogP contribution is 2.23. The lowest BCUT2D eigenvalue weighted by Crippen LogP contribution is -2.18. The highest BCUT2D eigenvalue weighted by Gasteiger charge is 2.09. The molecular formula is C15H21BrN4S. The molecule has 2 rings (SSSR count). The lowest BCUT2D eigenvalue weighted by Gasteiger charge is -2.19. The molecule has 0 radical (unpaired) electrons. The van der Waals surface area contributed by atoms with Crippen LogP contribution in [0.3, 0.4) is 0 Å². The summed E-state index contributed by atoms with van der Waals surface area (Å²) >= 11 is 5.25. The van der Waals surface area contributed by atoms with Gasteiger partial charge in [-0.05, 0) is 35.3 Å². The fraction of sp³-hybridized carbons (Fsp3) is 0.467. The fourth-order valence-corrected chi connectivity index (χ4v) is 3.54. The molecule has 0 fully saturated rings. The Morgan fingerprint density at radius 3 is 2.71 bits per heavy atom. The second kappa shape index (κ2) is 7.75. The zero-order valence-electron chi connectivity index (χ0n) is 12.7. The number of rotatable bonds is 7. The molecule has 2 aromatic rings. The Hall–Kier alpha value is -1.14. The van der Waals surface area contributed by atoms with E-state index in [1.54, 1.807) is 11.3 Å². The van der Waals surface area contributed by atoms with Crippen molar-refractivity contribution in [2.45, 2.75) is 33.2 Å². The minimum atomic E-state index is 0.852. The topological polar surface area (TPSA) is 41.1 Å². The van der Waals surface area contributed by atoms with Crippen molar-refractivity contribution in [1.82, 2.24) is 9.97 Å². The summed E-state index contributed by atoms with van der Waals surface area (Å²) in [6.45, 7) is 5.94. The molecule has 0 aliphatic carbocycles. The van der Waals surface area contributed by atoms with Gasteiger partial charge < -0.3 is 10.2 Å². The van der Waals surface area contributed by atoms with Crippen LogP contribution in [0.4, 0.5) is 11.6 Å². The molecule has 21 heavy (non-hydrogen) atoms. The molecule has 1 N–H and O–H groups in total. The molecule has 0 bridgehead atoms. The van der Waals surface area contributed by atoms with Gasteiger partial charge in [-0.3, -0.25) is 0 Å². The number of aryl methyl sites for hydroxylation is 1. The standard InChI is InChI=1S/C15H21BrN4S/c1-4-6-13-18-14(17-5-2)8-15(19-13)20(3)9-12-7-11(16)10-21-12/h7-8,10H,4-6,9H2,1-3H3,(H,17,18,19). The predicted molar refractivity (Wildman–Crippen MR) is 94.3 cm³/mol. The second-order valence-electron chi connectivity index (χ2n) is 4.90. The molecule has 0 amide bonds. The monoisotopic (exact) mass is 368 g/mol. The highest BCUT2D eigenvalue weighted by molar-refractivity contribution is 9.10. The summed E-state index contributed by atoms with van der Waals surface area (Å²) in [5, 5.41) is 5.39. The van der Waals surface area contributed by atoms with Crippen LogP contribution in [0.25, 0.3) is 0 Å². The van der Waals surface area contributed by atoms with E-state index in [0.717, 1.165) is 47.9 Å². The molecule has 0 atom stereocenters. The van der Waals surface area contributed by atoms with Gasteiger partial charge in [0.05, 0.1) is 6.54 Å². The molecule has 0 aromatic carbocycles. The van der Waals surface area contributed by atoms with Crippen molar-refractivity contribution in [3.63, 3.8) is 0 Å². The fourth-order valence-electron chi connectivity index (χ4n) is 2.04. The Labute approximate surface area is 138 Å². The van der Waals surface area contributed by atoms with E-state index >= 15 is 0 Å². The molecule has 4 nitrogen and oxygen atoms in total. The summed E-state index contributed by atoms with van der Waals surface area (Å²) < 4.78 is 1.14. The van der Waals surface area contributed by atoms with Gasteiger partial charge >= 0.3 is 0 Å². The van der Waals surface area contributed by atoms with Crippen LogP contribution >= 0.6 is 27.3 Å². The van der Waals surface area contributed by atoms with Crippen molar-refractivity contribution >= 4 is 38.9 Å². The molecule has 0 unspecified atom stereocenters. The number of thiophene rings is 1. The van der Waals surface area contributed by atoms with Gasteiger partial charge in [0.2, 0.25) is 0 Å². The molecule has 6 heteroatoms. The van der Waals surface area contributed by atoms with Crippen LogP contribution < -0.4 is 10.2 Å². The van der Waals surface area contributed by atoms with Gasteiger partial charge in [0, 0.05) is 40.8 Å².